The van der Waals surface area contributed by atoms with E-state index in [1.165, 1.54) is 6.92 Å². The van der Waals surface area contributed by atoms with Crippen molar-refractivity contribution in [3.8, 4) is 0 Å². The molecule has 0 amide bonds. The number of hydrogen-bond acceptors (Lipinski definition) is 6. The molecule has 1 N–H and O–H groups in total. The topological polar surface area (TPSA) is 82.1 Å². The van der Waals surface area contributed by atoms with Crippen molar-refractivity contribution >= 4 is 11.9 Å². The SMILES string of the molecule is CC[C@](C)(C[C@H]1OC2(O)OC(=O)[C@H]1[C@H]1CC[C@H]3[C@@H]4CC[C@H]5C[C@H](OC(C)=O)CC[C@]5(C)[C@H]4CC[C@]132)C(C)C. The molecule has 0 aromatic carbocycles. The summed E-state index contributed by atoms with van der Waals surface area (Å²) in [6, 6.07) is 0. The van der Waals surface area contributed by atoms with Crippen LogP contribution in [0.5, 0.6) is 0 Å². The molecule has 6 heteroatoms. The third kappa shape index (κ3) is 3.57. The number of esters is 2. The second-order valence-corrected chi connectivity index (χ2v) is 15.0. The molecule has 6 nitrogen and oxygen atoms in total. The lowest BCUT2D eigenvalue weighted by Crippen LogP contribution is -2.74. The fraction of sp³-hybridized carbons (Fsp3) is 0.938. The highest BCUT2D eigenvalue weighted by Crippen LogP contribution is 2.74. The van der Waals surface area contributed by atoms with Gasteiger partial charge in [-0.15, -0.1) is 0 Å². The summed E-state index contributed by atoms with van der Waals surface area (Å²) in [5.41, 5.74) is -0.169. The molecule has 4 saturated carbocycles. The zero-order valence-electron chi connectivity index (χ0n) is 24.5. The van der Waals surface area contributed by atoms with E-state index in [-0.39, 0.29) is 46.8 Å². The molecule has 1 unspecified atom stereocenters. The molecule has 12 atom stereocenters. The molecule has 3 heterocycles. The van der Waals surface area contributed by atoms with Crippen molar-refractivity contribution in [1.29, 1.82) is 0 Å². The molecular formula is C32H50O6. The highest BCUT2D eigenvalue weighted by atomic mass is 16.8. The largest absolute Gasteiger partial charge is 0.463 e. The summed E-state index contributed by atoms with van der Waals surface area (Å²) < 4.78 is 18.1. The Morgan fingerprint density at radius 1 is 1.11 bits per heavy atom. The first kappa shape index (κ1) is 27.1. The van der Waals surface area contributed by atoms with Crippen LogP contribution in [0.2, 0.25) is 0 Å². The van der Waals surface area contributed by atoms with Crippen molar-refractivity contribution in [3.05, 3.63) is 0 Å². The Hall–Kier alpha value is -1.14. The molecule has 2 bridgehead atoms. The van der Waals surface area contributed by atoms with Gasteiger partial charge in [0.15, 0.2) is 0 Å². The van der Waals surface area contributed by atoms with E-state index in [0.717, 1.165) is 70.6 Å². The van der Waals surface area contributed by atoms with Gasteiger partial charge >= 0.3 is 17.9 Å². The number of carbonyl (C=O) groups is 2. The van der Waals surface area contributed by atoms with Crippen molar-refractivity contribution in [3.63, 3.8) is 0 Å². The van der Waals surface area contributed by atoms with Crippen molar-refractivity contribution in [2.45, 2.75) is 130 Å². The van der Waals surface area contributed by atoms with Gasteiger partial charge in [-0.25, -0.2) is 0 Å². The van der Waals surface area contributed by atoms with E-state index in [2.05, 4.69) is 34.6 Å². The van der Waals surface area contributed by atoms with Crippen LogP contribution < -0.4 is 0 Å². The zero-order chi connectivity index (χ0) is 27.3. The molecule has 4 aliphatic carbocycles. The van der Waals surface area contributed by atoms with Gasteiger partial charge in [-0.2, -0.15) is 0 Å². The van der Waals surface area contributed by atoms with Crippen LogP contribution in [0.15, 0.2) is 0 Å². The first-order valence-corrected chi connectivity index (χ1v) is 15.7. The second-order valence-electron chi connectivity index (χ2n) is 15.0. The lowest BCUT2D eigenvalue weighted by molar-refractivity contribution is -0.481. The Morgan fingerprint density at radius 3 is 2.53 bits per heavy atom. The number of fused-ring (bicyclic) bond motifs is 6. The quantitative estimate of drug-likeness (QED) is 0.424. The minimum absolute atomic E-state index is 0.0551. The molecule has 0 aromatic rings. The molecule has 7 rings (SSSR count). The smallest absolute Gasteiger partial charge is 0.333 e. The number of rotatable bonds is 5. The van der Waals surface area contributed by atoms with E-state index in [1.54, 1.807) is 0 Å². The summed E-state index contributed by atoms with van der Waals surface area (Å²) in [5.74, 6) is 0.215. The van der Waals surface area contributed by atoms with Crippen LogP contribution in [0.25, 0.3) is 0 Å². The summed E-state index contributed by atoms with van der Waals surface area (Å²) in [5, 5.41) is 12.2. The number of ether oxygens (including phenoxy) is 3. The summed E-state index contributed by atoms with van der Waals surface area (Å²) in [4.78, 5) is 25.0. The molecule has 3 saturated heterocycles. The highest BCUT2D eigenvalue weighted by molar-refractivity contribution is 5.76. The zero-order valence-corrected chi connectivity index (χ0v) is 24.5. The van der Waals surface area contributed by atoms with Gasteiger partial charge in [0.2, 0.25) is 0 Å². The number of aliphatic hydroxyl groups is 1. The molecule has 1 spiro atoms. The van der Waals surface area contributed by atoms with Gasteiger partial charge in [0.25, 0.3) is 0 Å². The normalized spacial score (nSPS) is 50.8. The van der Waals surface area contributed by atoms with Crippen molar-refractivity contribution in [2.75, 3.05) is 0 Å². The van der Waals surface area contributed by atoms with Crippen LogP contribution >= 0.6 is 0 Å². The van der Waals surface area contributed by atoms with Crippen molar-refractivity contribution in [2.24, 2.45) is 57.7 Å². The molecule has 7 fully saturated rings. The van der Waals surface area contributed by atoms with E-state index in [4.69, 9.17) is 14.2 Å². The lowest BCUT2D eigenvalue weighted by atomic mass is 9.43. The minimum atomic E-state index is -1.79. The maximum atomic E-state index is 13.4. The summed E-state index contributed by atoms with van der Waals surface area (Å²) in [6.07, 6.45) is 10.9. The van der Waals surface area contributed by atoms with Crippen LogP contribution in [0, 0.1) is 57.7 Å². The molecular weight excluding hydrogens is 480 g/mol. The standard InChI is InChI=1S/C32H50O6/c1-7-29(5,18(2)3)17-26-27-25-11-10-24-22-9-8-20-16-21(36-19(4)33)12-14-30(20,6)23(22)13-15-31(24,25)32(35,37-26)38-28(27)34/h18,20-27,35H,7-17H2,1-6H3/t20-,21+,22+,23-,24-,25+,26+,27-,29+,30-,31+,32?/m0/s1. The summed E-state index contributed by atoms with van der Waals surface area (Å²) in [7, 11) is 0. The van der Waals surface area contributed by atoms with Gasteiger partial charge in [-0.05, 0) is 111 Å². The average molecular weight is 531 g/mol. The predicted molar refractivity (Wildman–Crippen MR) is 142 cm³/mol. The van der Waals surface area contributed by atoms with Gasteiger partial charge in [0.1, 0.15) is 6.10 Å². The van der Waals surface area contributed by atoms with E-state index in [0.29, 0.717) is 29.6 Å². The van der Waals surface area contributed by atoms with Crippen molar-refractivity contribution in [1.82, 2.24) is 0 Å². The first-order valence-electron chi connectivity index (χ1n) is 15.7. The van der Waals surface area contributed by atoms with Crippen LogP contribution in [0.3, 0.4) is 0 Å². The number of hydrogen-bond donors (Lipinski definition) is 1. The van der Waals surface area contributed by atoms with E-state index in [1.807, 2.05) is 0 Å². The van der Waals surface area contributed by atoms with Crippen LogP contribution in [0.4, 0.5) is 0 Å². The third-order valence-electron chi connectivity index (χ3n) is 13.6. The van der Waals surface area contributed by atoms with Gasteiger partial charge in [0.05, 0.1) is 17.4 Å². The molecule has 214 valence electrons. The Labute approximate surface area is 228 Å². The van der Waals surface area contributed by atoms with Gasteiger partial charge in [0, 0.05) is 6.92 Å². The lowest BCUT2D eigenvalue weighted by Gasteiger charge is -2.67. The van der Waals surface area contributed by atoms with Crippen LogP contribution in [-0.4, -0.2) is 35.2 Å². The van der Waals surface area contributed by atoms with Crippen LogP contribution in [-0.2, 0) is 23.8 Å². The monoisotopic (exact) mass is 530 g/mol. The van der Waals surface area contributed by atoms with Crippen LogP contribution in [0.1, 0.15) is 112 Å². The molecule has 0 aromatic heterocycles. The van der Waals surface area contributed by atoms with Crippen molar-refractivity contribution < 1.29 is 28.9 Å². The maximum absolute atomic E-state index is 13.4. The number of carbonyl (C=O) groups excluding carboxylic acids is 2. The van der Waals surface area contributed by atoms with E-state index >= 15 is 0 Å². The minimum Gasteiger partial charge on any atom is -0.463 e. The Balaban J connectivity index is 1.27. The fourth-order valence-corrected chi connectivity index (χ4v) is 11.1. The van der Waals surface area contributed by atoms with Gasteiger partial charge in [-0.1, -0.05) is 41.0 Å². The molecule has 0 radical (unpaired) electrons. The Kier molecular flexibility index (Phi) is 6.36. The van der Waals surface area contributed by atoms with E-state index in [9.17, 15) is 14.7 Å². The molecule has 38 heavy (non-hydrogen) atoms. The Bertz CT molecular complexity index is 979. The van der Waals surface area contributed by atoms with Gasteiger partial charge < -0.3 is 19.3 Å². The molecule has 7 aliphatic rings. The summed E-state index contributed by atoms with van der Waals surface area (Å²) >= 11 is 0. The predicted octanol–water partition coefficient (Wildman–Crippen LogP) is 6.24. The maximum Gasteiger partial charge on any atom is 0.333 e. The van der Waals surface area contributed by atoms with Gasteiger partial charge in [-0.3, -0.25) is 9.59 Å². The van der Waals surface area contributed by atoms with E-state index < -0.39 is 11.4 Å². The first-order chi connectivity index (χ1) is 17.9. The summed E-state index contributed by atoms with van der Waals surface area (Å²) in [6.45, 7) is 13.0. The fourth-order valence-electron chi connectivity index (χ4n) is 11.1. The average Bonchev–Trinajstić information content (AvgIpc) is 3.26. The Morgan fingerprint density at radius 2 is 1.84 bits per heavy atom. The third-order valence-corrected chi connectivity index (χ3v) is 13.6. The second kappa shape index (κ2) is 8.93. The highest BCUT2D eigenvalue weighted by Gasteiger charge is 2.78. The molecule has 3 aliphatic heterocycles.